The van der Waals surface area contributed by atoms with E-state index in [1.165, 1.54) is 0 Å². The zero-order valence-corrected chi connectivity index (χ0v) is 12.6. The Morgan fingerprint density at radius 2 is 2.00 bits per heavy atom. The molecule has 0 spiro atoms. The van der Waals surface area contributed by atoms with Gasteiger partial charge in [0.15, 0.2) is 10.4 Å². The zero-order chi connectivity index (χ0) is 13.4. The topological polar surface area (TPSA) is 38.5 Å². The first-order chi connectivity index (χ1) is 8.51. The molecule has 0 saturated carbocycles. The second-order valence-corrected chi connectivity index (χ2v) is 5.44. The van der Waals surface area contributed by atoms with E-state index in [1.54, 1.807) is 0 Å². The van der Waals surface area contributed by atoms with E-state index >= 15 is 0 Å². The number of hydrogen-bond donors (Lipinski definition) is 1. The Labute approximate surface area is 113 Å². The summed E-state index contributed by atoms with van der Waals surface area (Å²) in [6.07, 6.45) is 2.07. The Kier molecular flexibility index (Phi) is 3.61. The number of rotatable bonds is 4. The molecule has 4 nitrogen and oxygen atoms in total. The summed E-state index contributed by atoms with van der Waals surface area (Å²) in [7, 11) is 1.99. The molecule has 0 radical (unpaired) electrons. The van der Waals surface area contributed by atoms with Crippen LogP contribution in [0.25, 0.3) is 11.2 Å². The molecule has 5 heteroatoms. The summed E-state index contributed by atoms with van der Waals surface area (Å²) in [6, 6.07) is 0.386. The van der Waals surface area contributed by atoms with E-state index in [2.05, 4.69) is 42.3 Å². The average molecular weight is 266 g/mol. The lowest BCUT2D eigenvalue weighted by molar-refractivity contribution is 0.370. The van der Waals surface area contributed by atoms with Crippen LogP contribution in [0.15, 0.2) is 0 Å². The van der Waals surface area contributed by atoms with Gasteiger partial charge in [-0.3, -0.25) is 9.25 Å². The van der Waals surface area contributed by atoms with Crippen LogP contribution in [0.5, 0.6) is 0 Å². The highest BCUT2D eigenvalue weighted by Gasteiger charge is 2.20. The van der Waals surface area contributed by atoms with Gasteiger partial charge in [0, 0.05) is 13.1 Å². The molecule has 0 aromatic carbocycles. The summed E-state index contributed by atoms with van der Waals surface area (Å²) in [6.45, 7) is 8.83. The lowest BCUT2D eigenvalue weighted by Crippen LogP contribution is -2.15. The van der Waals surface area contributed by atoms with E-state index in [4.69, 9.17) is 12.2 Å². The van der Waals surface area contributed by atoms with Crippen LogP contribution in [0.3, 0.4) is 0 Å². The first-order valence-corrected chi connectivity index (χ1v) is 7.08. The maximum atomic E-state index is 5.48. The van der Waals surface area contributed by atoms with Gasteiger partial charge in [0.2, 0.25) is 0 Å². The number of nitrogens with one attached hydrogen (secondary N) is 1. The quantitative estimate of drug-likeness (QED) is 0.859. The third-order valence-electron chi connectivity index (χ3n) is 3.98. The fourth-order valence-corrected chi connectivity index (χ4v) is 2.81. The fraction of sp³-hybridized carbons (Fsp3) is 0.692. The number of hydrogen-bond acceptors (Lipinski definition) is 2. The van der Waals surface area contributed by atoms with Gasteiger partial charge in [-0.15, -0.1) is 0 Å². The summed E-state index contributed by atoms with van der Waals surface area (Å²) >= 11 is 5.48. The van der Waals surface area contributed by atoms with Crippen LogP contribution >= 0.6 is 12.2 Å². The van der Waals surface area contributed by atoms with Gasteiger partial charge in [0.1, 0.15) is 5.52 Å². The van der Waals surface area contributed by atoms with Gasteiger partial charge < -0.3 is 4.98 Å². The lowest BCUT2D eigenvalue weighted by Gasteiger charge is -2.20. The molecule has 100 valence electrons. The summed E-state index contributed by atoms with van der Waals surface area (Å²) in [5.74, 6) is 0.593. The molecule has 0 fully saturated rings. The zero-order valence-electron chi connectivity index (χ0n) is 11.8. The van der Waals surface area contributed by atoms with Crippen molar-refractivity contribution in [2.75, 3.05) is 0 Å². The fourth-order valence-electron chi connectivity index (χ4n) is 2.46. The number of aromatic nitrogens is 4. The van der Waals surface area contributed by atoms with Gasteiger partial charge in [-0.1, -0.05) is 27.2 Å². The molecule has 0 aliphatic heterocycles. The Balaban J connectivity index is 2.67. The lowest BCUT2D eigenvalue weighted by atomic mass is 10.0. The van der Waals surface area contributed by atoms with Gasteiger partial charge in [-0.25, -0.2) is 0 Å². The molecule has 2 atom stereocenters. The van der Waals surface area contributed by atoms with Crippen molar-refractivity contribution in [2.24, 2.45) is 13.0 Å². The van der Waals surface area contributed by atoms with E-state index in [0.29, 0.717) is 12.0 Å². The second-order valence-electron chi connectivity index (χ2n) is 5.05. The van der Waals surface area contributed by atoms with Crippen molar-refractivity contribution in [3.05, 3.63) is 10.5 Å². The van der Waals surface area contributed by atoms with Crippen LogP contribution in [-0.4, -0.2) is 19.3 Å². The van der Waals surface area contributed by atoms with Crippen LogP contribution in [-0.2, 0) is 13.5 Å². The largest absolute Gasteiger partial charge is 0.328 e. The van der Waals surface area contributed by atoms with Gasteiger partial charge in [0.25, 0.3) is 0 Å². The first-order valence-electron chi connectivity index (χ1n) is 6.67. The SMILES string of the molecule is CCc1nn(C)c2c1[nH]c(=S)n2C(C)C(C)CC. The van der Waals surface area contributed by atoms with Crippen molar-refractivity contribution >= 4 is 23.4 Å². The van der Waals surface area contributed by atoms with E-state index in [9.17, 15) is 0 Å². The van der Waals surface area contributed by atoms with Gasteiger partial charge in [-0.05, 0) is 31.5 Å². The van der Waals surface area contributed by atoms with Crippen LogP contribution in [0, 0.1) is 10.7 Å². The molecule has 2 aromatic heterocycles. The van der Waals surface area contributed by atoms with Crippen molar-refractivity contribution in [3.8, 4) is 0 Å². The van der Waals surface area contributed by atoms with Crippen LogP contribution in [0.2, 0.25) is 0 Å². The predicted molar refractivity (Wildman–Crippen MR) is 77.4 cm³/mol. The summed E-state index contributed by atoms with van der Waals surface area (Å²) < 4.78 is 4.96. The summed E-state index contributed by atoms with van der Waals surface area (Å²) in [5, 5.41) is 4.56. The molecule has 2 unspecified atom stereocenters. The number of aryl methyl sites for hydroxylation is 2. The number of nitrogens with zero attached hydrogens (tertiary/aromatic N) is 3. The average Bonchev–Trinajstić information content (AvgIpc) is 2.84. The number of imidazole rings is 1. The molecule has 2 rings (SSSR count). The monoisotopic (exact) mass is 266 g/mol. The van der Waals surface area contributed by atoms with Crippen LogP contribution < -0.4 is 0 Å². The molecule has 2 heterocycles. The third-order valence-corrected chi connectivity index (χ3v) is 4.28. The van der Waals surface area contributed by atoms with Crippen molar-refractivity contribution in [1.29, 1.82) is 0 Å². The smallest absolute Gasteiger partial charge is 0.179 e. The Morgan fingerprint density at radius 3 is 2.56 bits per heavy atom. The molecule has 0 amide bonds. The molecule has 0 aliphatic rings. The summed E-state index contributed by atoms with van der Waals surface area (Å²) in [4.78, 5) is 3.32. The van der Waals surface area contributed by atoms with E-state index in [0.717, 1.165) is 34.5 Å². The molecule has 1 N–H and O–H groups in total. The normalized spacial score (nSPS) is 15.2. The minimum absolute atomic E-state index is 0.386. The molecule has 0 saturated heterocycles. The van der Waals surface area contributed by atoms with Crippen molar-refractivity contribution < 1.29 is 0 Å². The van der Waals surface area contributed by atoms with Gasteiger partial charge in [-0.2, -0.15) is 5.10 Å². The highest BCUT2D eigenvalue weighted by Crippen LogP contribution is 2.27. The van der Waals surface area contributed by atoms with Crippen LogP contribution in [0.1, 0.15) is 45.9 Å². The van der Waals surface area contributed by atoms with Crippen molar-refractivity contribution in [2.45, 2.75) is 46.6 Å². The van der Waals surface area contributed by atoms with Crippen LogP contribution in [0.4, 0.5) is 0 Å². The molecule has 18 heavy (non-hydrogen) atoms. The number of fused-ring (bicyclic) bond motifs is 1. The number of H-pyrrole nitrogens is 1. The maximum Gasteiger partial charge on any atom is 0.179 e. The van der Waals surface area contributed by atoms with Gasteiger partial charge in [0.05, 0.1) is 5.69 Å². The van der Waals surface area contributed by atoms with E-state index < -0.39 is 0 Å². The first kappa shape index (κ1) is 13.3. The Hall–Kier alpha value is -1.10. The van der Waals surface area contributed by atoms with Crippen molar-refractivity contribution in [3.63, 3.8) is 0 Å². The number of aromatic amines is 1. The summed E-state index contributed by atoms with van der Waals surface area (Å²) in [5.41, 5.74) is 3.30. The van der Waals surface area contributed by atoms with E-state index in [-0.39, 0.29) is 0 Å². The highest BCUT2D eigenvalue weighted by atomic mass is 32.1. The molecule has 2 aromatic rings. The molecule has 0 bridgehead atoms. The minimum atomic E-state index is 0.386. The standard InChI is InChI=1S/C13H22N4S/c1-6-8(3)9(4)17-12-11(14-13(17)18)10(7-2)15-16(12)5/h8-9H,6-7H2,1-5H3,(H,14,18). The third kappa shape index (κ3) is 1.90. The maximum absolute atomic E-state index is 5.48. The second kappa shape index (κ2) is 4.88. The predicted octanol–water partition coefficient (Wildman–Crippen LogP) is 3.60. The van der Waals surface area contributed by atoms with Gasteiger partial charge >= 0.3 is 0 Å². The minimum Gasteiger partial charge on any atom is -0.328 e. The molecule has 0 aliphatic carbocycles. The molecular weight excluding hydrogens is 244 g/mol. The highest BCUT2D eigenvalue weighted by molar-refractivity contribution is 7.71. The Bertz CT molecular complexity index is 604. The van der Waals surface area contributed by atoms with Crippen molar-refractivity contribution in [1.82, 2.24) is 19.3 Å². The Morgan fingerprint density at radius 1 is 1.33 bits per heavy atom. The van der Waals surface area contributed by atoms with E-state index in [1.807, 2.05) is 11.7 Å². The molecular formula is C13H22N4S.